The summed E-state index contributed by atoms with van der Waals surface area (Å²) in [5.41, 5.74) is 3.08. The number of hydrogen-bond acceptors (Lipinski definition) is 7. The van der Waals surface area contributed by atoms with Gasteiger partial charge in [-0.2, -0.15) is 0 Å². The molecule has 0 aliphatic carbocycles. The van der Waals surface area contributed by atoms with E-state index in [1.54, 1.807) is 6.92 Å². The Morgan fingerprint density at radius 1 is 1.32 bits per heavy atom. The van der Waals surface area contributed by atoms with Gasteiger partial charge in [-0.3, -0.25) is 9.59 Å². The van der Waals surface area contributed by atoms with Crippen LogP contribution in [0.2, 0.25) is 0 Å². The van der Waals surface area contributed by atoms with Gasteiger partial charge in [0, 0.05) is 30.7 Å². The second-order valence-electron chi connectivity index (χ2n) is 6.14. The lowest BCUT2D eigenvalue weighted by Crippen LogP contribution is -2.35. The highest BCUT2D eigenvalue weighted by atomic mass is 32.2. The summed E-state index contributed by atoms with van der Waals surface area (Å²) in [6, 6.07) is 8.36. The average Bonchev–Trinajstić information content (AvgIpc) is 3.11. The lowest BCUT2D eigenvalue weighted by molar-refractivity contribution is -0.142. The van der Waals surface area contributed by atoms with Crippen molar-refractivity contribution in [2.75, 3.05) is 36.9 Å². The molecule has 0 unspecified atom stereocenters. The highest BCUT2D eigenvalue weighted by Gasteiger charge is 2.11. The first-order chi connectivity index (χ1) is 13.5. The summed E-state index contributed by atoms with van der Waals surface area (Å²) >= 11 is 2.82. The molecule has 1 aromatic carbocycles. The van der Waals surface area contributed by atoms with Crippen LogP contribution in [0.4, 0.5) is 5.69 Å². The van der Waals surface area contributed by atoms with Crippen LogP contribution in [-0.4, -0.2) is 48.9 Å². The first-order valence-electron chi connectivity index (χ1n) is 9.33. The number of carbonyl (C=O) groups excluding carboxylic acids is 2. The van der Waals surface area contributed by atoms with Gasteiger partial charge in [0.1, 0.15) is 0 Å². The van der Waals surface area contributed by atoms with Gasteiger partial charge in [0.15, 0.2) is 4.34 Å². The van der Waals surface area contributed by atoms with Crippen LogP contribution in [0.15, 0.2) is 34.0 Å². The number of nitrogens with zero attached hydrogens (tertiary/aromatic N) is 2. The Balaban J connectivity index is 1.71. The number of thioether (sulfide) groups is 1. The van der Waals surface area contributed by atoms with E-state index in [-0.39, 0.29) is 18.3 Å². The van der Waals surface area contributed by atoms with Crippen LogP contribution in [0.1, 0.15) is 25.1 Å². The normalized spacial score (nSPS) is 10.5. The van der Waals surface area contributed by atoms with Crippen LogP contribution >= 0.6 is 23.1 Å². The standard InChI is InChI=1S/C20H27N3O3S2/c1-4-23(17-8-6-7-15(3)11-17)10-9-21-18(24)14-28-20-22-16(13-27-20)12-19(25)26-5-2/h6-8,11,13H,4-5,9-10,12,14H2,1-3H3,(H,21,24). The fraction of sp³-hybridized carbons (Fsp3) is 0.450. The van der Waals surface area contributed by atoms with E-state index in [1.165, 1.54) is 34.3 Å². The van der Waals surface area contributed by atoms with Gasteiger partial charge in [-0.25, -0.2) is 4.98 Å². The van der Waals surface area contributed by atoms with Gasteiger partial charge in [-0.1, -0.05) is 23.9 Å². The molecule has 0 saturated heterocycles. The molecule has 0 saturated carbocycles. The lowest BCUT2D eigenvalue weighted by Gasteiger charge is -2.23. The number of amides is 1. The molecular formula is C20H27N3O3S2. The van der Waals surface area contributed by atoms with Crippen molar-refractivity contribution < 1.29 is 14.3 Å². The first kappa shape index (κ1) is 22.2. The van der Waals surface area contributed by atoms with E-state index in [1.807, 2.05) is 11.4 Å². The van der Waals surface area contributed by atoms with Crippen LogP contribution < -0.4 is 10.2 Å². The SMILES string of the molecule is CCOC(=O)Cc1csc(SCC(=O)NCCN(CC)c2cccc(C)c2)n1. The highest BCUT2D eigenvalue weighted by molar-refractivity contribution is 8.01. The molecular weight excluding hydrogens is 394 g/mol. The maximum absolute atomic E-state index is 12.1. The number of hydrogen-bond donors (Lipinski definition) is 1. The molecule has 2 aromatic rings. The molecule has 0 fully saturated rings. The third kappa shape index (κ3) is 7.52. The average molecular weight is 422 g/mol. The Morgan fingerprint density at radius 2 is 2.14 bits per heavy atom. The van der Waals surface area contributed by atoms with Gasteiger partial charge in [0.25, 0.3) is 0 Å². The van der Waals surface area contributed by atoms with Crippen molar-refractivity contribution >= 4 is 40.7 Å². The predicted octanol–water partition coefficient (Wildman–Crippen LogP) is 3.29. The zero-order chi connectivity index (χ0) is 20.4. The van der Waals surface area contributed by atoms with E-state index in [9.17, 15) is 9.59 Å². The number of nitrogens with one attached hydrogen (secondary N) is 1. The van der Waals surface area contributed by atoms with Crippen molar-refractivity contribution in [1.82, 2.24) is 10.3 Å². The number of ether oxygens (including phenoxy) is 1. The van der Waals surface area contributed by atoms with Crippen molar-refractivity contribution in [2.24, 2.45) is 0 Å². The smallest absolute Gasteiger partial charge is 0.311 e. The van der Waals surface area contributed by atoms with E-state index >= 15 is 0 Å². The van der Waals surface area contributed by atoms with Crippen molar-refractivity contribution in [1.29, 1.82) is 0 Å². The molecule has 0 atom stereocenters. The molecule has 0 radical (unpaired) electrons. The molecule has 152 valence electrons. The topological polar surface area (TPSA) is 71.5 Å². The maximum Gasteiger partial charge on any atom is 0.311 e. The van der Waals surface area contributed by atoms with Crippen molar-refractivity contribution in [3.63, 3.8) is 0 Å². The maximum atomic E-state index is 12.1. The third-order valence-corrected chi connectivity index (χ3v) is 6.01. The molecule has 6 nitrogen and oxygen atoms in total. The van der Waals surface area contributed by atoms with Crippen LogP contribution in [-0.2, 0) is 20.7 Å². The van der Waals surface area contributed by atoms with Crippen molar-refractivity contribution in [3.8, 4) is 0 Å². The number of likely N-dealkylation sites (N-methyl/N-ethyl adjacent to an activating group) is 1. The molecule has 2 rings (SSSR count). The second kappa shape index (κ2) is 11.7. The predicted molar refractivity (Wildman–Crippen MR) is 115 cm³/mol. The molecule has 0 aliphatic heterocycles. The van der Waals surface area contributed by atoms with E-state index < -0.39 is 0 Å². The summed E-state index contributed by atoms with van der Waals surface area (Å²) in [4.78, 5) is 30.2. The number of benzene rings is 1. The van der Waals surface area contributed by atoms with E-state index in [0.29, 0.717) is 24.6 Å². The van der Waals surface area contributed by atoms with Gasteiger partial charge < -0.3 is 15.0 Å². The summed E-state index contributed by atoms with van der Waals surface area (Å²) in [5, 5.41) is 4.79. The molecule has 0 spiro atoms. The Labute approximate surface area is 174 Å². The van der Waals surface area contributed by atoms with Crippen molar-refractivity contribution in [3.05, 3.63) is 40.9 Å². The van der Waals surface area contributed by atoms with Crippen LogP contribution in [0.5, 0.6) is 0 Å². The van der Waals surface area contributed by atoms with E-state index in [4.69, 9.17) is 4.74 Å². The van der Waals surface area contributed by atoms with Gasteiger partial charge in [-0.15, -0.1) is 11.3 Å². The Hall–Kier alpha value is -2.06. The minimum atomic E-state index is -0.281. The zero-order valence-corrected chi connectivity index (χ0v) is 18.2. The van der Waals surface area contributed by atoms with Crippen LogP contribution in [0.3, 0.4) is 0 Å². The number of anilines is 1. The van der Waals surface area contributed by atoms with Crippen molar-refractivity contribution in [2.45, 2.75) is 31.5 Å². The Morgan fingerprint density at radius 3 is 2.86 bits per heavy atom. The number of thiazole rings is 1. The molecule has 0 bridgehead atoms. The van der Waals surface area contributed by atoms with E-state index in [2.05, 4.69) is 47.2 Å². The number of carbonyl (C=O) groups is 2. The molecule has 28 heavy (non-hydrogen) atoms. The number of aryl methyl sites for hydroxylation is 1. The molecule has 1 amide bonds. The summed E-state index contributed by atoms with van der Waals surface area (Å²) in [5.74, 6) is 0.00626. The minimum Gasteiger partial charge on any atom is -0.466 e. The zero-order valence-electron chi connectivity index (χ0n) is 16.6. The van der Waals surface area contributed by atoms with E-state index in [0.717, 1.165) is 17.4 Å². The third-order valence-electron chi connectivity index (χ3n) is 3.94. The molecule has 1 heterocycles. The largest absolute Gasteiger partial charge is 0.466 e. The highest BCUT2D eigenvalue weighted by Crippen LogP contribution is 2.22. The van der Waals surface area contributed by atoms with Crippen LogP contribution in [0, 0.1) is 6.92 Å². The minimum absolute atomic E-state index is 0.0209. The summed E-state index contributed by atoms with van der Waals surface area (Å²) in [6.07, 6.45) is 0.170. The summed E-state index contributed by atoms with van der Waals surface area (Å²) < 4.78 is 5.70. The number of aromatic nitrogens is 1. The molecule has 1 N–H and O–H groups in total. The molecule has 1 aromatic heterocycles. The quantitative estimate of drug-likeness (QED) is 0.443. The van der Waals surface area contributed by atoms with Gasteiger partial charge in [0.2, 0.25) is 5.91 Å². The summed E-state index contributed by atoms with van der Waals surface area (Å²) in [6.45, 7) is 8.56. The first-order valence-corrected chi connectivity index (χ1v) is 11.2. The van der Waals surface area contributed by atoms with Gasteiger partial charge in [-0.05, 0) is 38.5 Å². The second-order valence-corrected chi connectivity index (χ2v) is 8.22. The summed E-state index contributed by atoms with van der Waals surface area (Å²) in [7, 11) is 0. The fourth-order valence-electron chi connectivity index (χ4n) is 2.60. The van der Waals surface area contributed by atoms with Gasteiger partial charge >= 0.3 is 5.97 Å². The Bertz CT molecular complexity index is 780. The van der Waals surface area contributed by atoms with Gasteiger partial charge in [0.05, 0.1) is 24.5 Å². The Kier molecular flexibility index (Phi) is 9.30. The lowest BCUT2D eigenvalue weighted by atomic mass is 10.2. The number of esters is 1. The molecule has 8 heteroatoms. The fourth-order valence-corrected chi connectivity index (χ4v) is 4.27. The number of rotatable bonds is 11. The molecule has 0 aliphatic rings. The van der Waals surface area contributed by atoms with Crippen LogP contribution in [0.25, 0.3) is 0 Å². The monoisotopic (exact) mass is 421 g/mol.